The summed E-state index contributed by atoms with van der Waals surface area (Å²) >= 11 is 7.28. The fraction of sp³-hybridized carbons (Fsp3) is 0.214. The van der Waals surface area contributed by atoms with Crippen LogP contribution in [0.4, 0.5) is 0 Å². The molecule has 1 aliphatic rings. The van der Waals surface area contributed by atoms with Gasteiger partial charge in [0.2, 0.25) is 0 Å². The van der Waals surface area contributed by atoms with Gasteiger partial charge in [-0.15, -0.1) is 0 Å². The summed E-state index contributed by atoms with van der Waals surface area (Å²) in [6, 6.07) is 3.64. The van der Waals surface area contributed by atoms with Crippen molar-refractivity contribution in [1.82, 2.24) is 9.97 Å². The SMILES string of the molecule is Clc1ccc(COc2nc(C3=CCN=CC3)cs2)nc1. The van der Waals surface area contributed by atoms with Gasteiger partial charge < -0.3 is 4.74 Å². The lowest BCUT2D eigenvalue weighted by atomic mass is 10.1. The number of pyridine rings is 1. The molecule has 2 aromatic rings. The molecule has 0 bridgehead atoms. The molecule has 0 aromatic carbocycles. The van der Waals surface area contributed by atoms with E-state index in [0.717, 1.165) is 24.4 Å². The highest BCUT2D eigenvalue weighted by atomic mass is 35.5. The normalized spacial score (nSPS) is 14.2. The zero-order valence-electron chi connectivity index (χ0n) is 10.6. The summed E-state index contributed by atoms with van der Waals surface area (Å²) in [5.41, 5.74) is 3.01. The second-order valence-corrected chi connectivity index (χ2v) is 5.49. The Morgan fingerprint density at radius 3 is 3.05 bits per heavy atom. The maximum Gasteiger partial charge on any atom is 0.274 e. The van der Waals surface area contributed by atoms with Crippen molar-refractivity contribution in [3.63, 3.8) is 0 Å². The minimum Gasteiger partial charge on any atom is -0.464 e. The molecule has 3 heterocycles. The van der Waals surface area contributed by atoms with Gasteiger partial charge in [0.05, 0.1) is 23.0 Å². The van der Waals surface area contributed by atoms with Crippen molar-refractivity contribution < 1.29 is 4.74 Å². The van der Waals surface area contributed by atoms with Gasteiger partial charge in [-0.05, 0) is 17.7 Å². The van der Waals surface area contributed by atoms with E-state index in [1.807, 2.05) is 17.7 Å². The van der Waals surface area contributed by atoms with Crippen LogP contribution in [0.5, 0.6) is 5.19 Å². The second-order valence-electron chi connectivity index (χ2n) is 4.24. The van der Waals surface area contributed by atoms with Crippen LogP contribution in [0.15, 0.2) is 34.8 Å². The lowest BCUT2D eigenvalue weighted by Crippen LogP contribution is -1.98. The number of halogens is 1. The van der Waals surface area contributed by atoms with Gasteiger partial charge in [0, 0.05) is 24.2 Å². The third kappa shape index (κ3) is 3.23. The summed E-state index contributed by atoms with van der Waals surface area (Å²) in [5, 5.41) is 3.28. The van der Waals surface area contributed by atoms with Gasteiger partial charge in [0.1, 0.15) is 6.61 Å². The number of rotatable bonds is 4. The highest BCUT2D eigenvalue weighted by Gasteiger charge is 2.09. The van der Waals surface area contributed by atoms with Crippen molar-refractivity contribution in [3.05, 3.63) is 46.2 Å². The predicted octanol–water partition coefficient (Wildman–Crippen LogP) is 3.63. The molecule has 0 aliphatic carbocycles. The van der Waals surface area contributed by atoms with Gasteiger partial charge in [-0.1, -0.05) is 29.0 Å². The van der Waals surface area contributed by atoms with Crippen molar-refractivity contribution in [1.29, 1.82) is 0 Å². The molecular formula is C14H12ClN3OS. The molecule has 0 spiro atoms. The number of hydrogen-bond acceptors (Lipinski definition) is 5. The van der Waals surface area contributed by atoms with Crippen molar-refractivity contribution >= 4 is 34.7 Å². The first-order valence-corrected chi connectivity index (χ1v) is 7.43. The van der Waals surface area contributed by atoms with E-state index in [4.69, 9.17) is 16.3 Å². The highest BCUT2D eigenvalue weighted by Crippen LogP contribution is 2.26. The maximum atomic E-state index is 5.79. The molecule has 3 rings (SSSR count). The van der Waals surface area contributed by atoms with Gasteiger partial charge in [-0.2, -0.15) is 0 Å². The summed E-state index contributed by atoms with van der Waals surface area (Å²) in [7, 11) is 0. The third-order valence-corrected chi connectivity index (χ3v) is 3.80. The average Bonchev–Trinajstić information content (AvgIpc) is 2.97. The van der Waals surface area contributed by atoms with Crippen LogP contribution in [0.1, 0.15) is 17.8 Å². The van der Waals surface area contributed by atoms with E-state index >= 15 is 0 Å². The standard InChI is InChI=1S/C14H12ClN3OS/c15-11-1-2-12(17-7-11)8-19-14-18-13(9-20-14)10-3-5-16-6-4-10/h1-3,6-7,9H,4-5,8H2. The molecule has 102 valence electrons. The molecule has 20 heavy (non-hydrogen) atoms. The summed E-state index contributed by atoms with van der Waals surface area (Å²) in [5.74, 6) is 0. The molecule has 0 saturated heterocycles. The lowest BCUT2D eigenvalue weighted by Gasteiger charge is -2.04. The fourth-order valence-electron chi connectivity index (χ4n) is 1.79. The van der Waals surface area contributed by atoms with Crippen molar-refractivity contribution in [2.45, 2.75) is 13.0 Å². The Bertz CT molecular complexity index is 649. The summed E-state index contributed by atoms with van der Waals surface area (Å²) < 4.78 is 5.64. The van der Waals surface area contributed by atoms with Crippen LogP contribution in [0, 0.1) is 0 Å². The van der Waals surface area contributed by atoms with Crippen molar-refractivity contribution in [2.24, 2.45) is 4.99 Å². The van der Waals surface area contributed by atoms with Crippen LogP contribution in [-0.2, 0) is 6.61 Å². The van der Waals surface area contributed by atoms with Gasteiger partial charge >= 0.3 is 0 Å². The molecule has 0 radical (unpaired) electrons. The van der Waals surface area contributed by atoms with Gasteiger partial charge in [-0.3, -0.25) is 9.98 Å². The molecule has 0 amide bonds. The molecule has 0 fully saturated rings. The Morgan fingerprint density at radius 1 is 1.35 bits per heavy atom. The minimum absolute atomic E-state index is 0.393. The second kappa shape index (κ2) is 6.15. The monoisotopic (exact) mass is 305 g/mol. The number of nitrogens with zero attached hydrogens (tertiary/aromatic N) is 3. The smallest absolute Gasteiger partial charge is 0.274 e. The van der Waals surface area contributed by atoms with E-state index in [9.17, 15) is 0 Å². The first-order chi connectivity index (χ1) is 9.81. The average molecular weight is 306 g/mol. The lowest BCUT2D eigenvalue weighted by molar-refractivity contribution is 0.299. The quantitative estimate of drug-likeness (QED) is 0.866. The molecule has 1 aliphatic heterocycles. The van der Waals surface area contributed by atoms with Crippen LogP contribution in [0.3, 0.4) is 0 Å². The van der Waals surface area contributed by atoms with Crippen LogP contribution in [0.2, 0.25) is 5.02 Å². The Kier molecular flexibility index (Phi) is 4.08. The number of aliphatic imine (C=N–C) groups is 1. The van der Waals surface area contributed by atoms with Gasteiger partial charge in [-0.25, -0.2) is 4.98 Å². The van der Waals surface area contributed by atoms with E-state index in [1.54, 1.807) is 12.3 Å². The molecule has 0 atom stereocenters. The molecule has 0 N–H and O–H groups in total. The summed E-state index contributed by atoms with van der Waals surface area (Å²) in [4.78, 5) is 12.8. The molecule has 0 saturated carbocycles. The Labute approximate surface area is 125 Å². The van der Waals surface area contributed by atoms with E-state index in [0.29, 0.717) is 16.8 Å². The van der Waals surface area contributed by atoms with Gasteiger partial charge in [0.25, 0.3) is 5.19 Å². The molecular weight excluding hydrogens is 294 g/mol. The summed E-state index contributed by atoms with van der Waals surface area (Å²) in [6.07, 6.45) is 6.47. The van der Waals surface area contributed by atoms with E-state index < -0.39 is 0 Å². The van der Waals surface area contributed by atoms with Crippen LogP contribution in [-0.4, -0.2) is 22.7 Å². The zero-order chi connectivity index (χ0) is 13.8. The molecule has 6 heteroatoms. The van der Waals surface area contributed by atoms with Crippen LogP contribution in [0.25, 0.3) is 5.57 Å². The van der Waals surface area contributed by atoms with Crippen molar-refractivity contribution in [3.8, 4) is 5.19 Å². The van der Waals surface area contributed by atoms with E-state index in [-0.39, 0.29) is 0 Å². The minimum atomic E-state index is 0.393. The first-order valence-electron chi connectivity index (χ1n) is 6.18. The fourth-order valence-corrected chi connectivity index (χ4v) is 2.60. The zero-order valence-corrected chi connectivity index (χ0v) is 12.2. The number of allylic oxidation sites excluding steroid dienone is 1. The van der Waals surface area contributed by atoms with Crippen LogP contribution >= 0.6 is 22.9 Å². The van der Waals surface area contributed by atoms with Crippen molar-refractivity contribution in [2.75, 3.05) is 6.54 Å². The Balaban J connectivity index is 1.62. The van der Waals surface area contributed by atoms with E-state index in [2.05, 4.69) is 21.0 Å². The topological polar surface area (TPSA) is 47.4 Å². The molecule has 2 aromatic heterocycles. The van der Waals surface area contributed by atoms with Crippen LogP contribution < -0.4 is 4.74 Å². The largest absolute Gasteiger partial charge is 0.464 e. The predicted molar refractivity (Wildman–Crippen MR) is 81.6 cm³/mol. The Hall–Kier alpha value is -1.72. The van der Waals surface area contributed by atoms with E-state index in [1.165, 1.54) is 16.9 Å². The number of ether oxygens (including phenoxy) is 1. The number of thiazole rings is 1. The highest BCUT2D eigenvalue weighted by molar-refractivity contribution is 7.11. The first kappa shape index (κ1) is 13.3. The third-order valence-electron chi connectivity index (χ3n) is 2.83. The molecule has 0 unspecified atom stereocenters. The number of dihydropyridines is 1. The summed E-state index contributed by atoms with van der Waals surface area (Å²) in [6.45, 7) is 1.13. The van der Waals surface area contributed by atoms with Gasteiger partial charge in [0.15, 0.2) is 0 Å². The Morgan fingerprint density at radius 2 is 2.30 bits per heavy atom. The molecule has 4 nitrogen and oxygen atoms in total. The maximum absolute atomic E-state index is 5.79. The number of hydrogen-bond donors (Lipinski definition) is 0. The number of aromatic nitrogens is 2.